The monoisotopic (exact) mass is 522 g/mol. The molecule has 1 aromatic carbocycles. The fraction of sp³-hybridized carbons (Fsp3) is 0.478. The Morgan fingerprint density at radius 2 is 2.00 bits per heavy atom. The molecule has 1 aliphatic rings. The van der Waals surface area contributed by atoms with Gasteiger partial charge in [-0.1, -0.05) is 32.4 Å². The van der Waals surface area contributed by atoms with Gasteiger partial charge in [-0.3, -0.25) is 0 Å². The van der Waals surface area contributed by atoms with Crippen molar-refractivity contribution < 1.29 is 4.74 Å². The zero-order chi connectivity index (χ0) is 22.2. The van der Waals surface area contributed by atoms with E-state index in [-0.39, 0.29) is 5.41 Å². The number of ether oxygens (including phenoxy) is 1. The number of rotatable bonds is 5. The van der Waals surface area contributed by atoms with E-state index in [2.05, 4.69) is 75.8 Å². The lowest BCUT2D eigenvalue weighted by Gasteiger charge is -2.26. The van der Waals surface area contributed by atoms with Crippen LogP contribution < -0.4 is 4.31 Å². The smallest absolute Gasteiger partial charge is 0.143 e. The van der Waals surface area contributed by atoms with Gasteiger partial charge in [-0.15, -0.1) is 0 Å². The maximum atomic E-state index is 6.02. The molecule has 0 bridgehead atoms. The first-order chi connectivity index (χ1) is 14.7. The SMILES string of the molecule is CN(Sc1cnc(Cl)c(Br)c1)c1ccc2c(c1)nc(C(C)(C)C)n2CC1CCOCC1. The molecule has 166 valence electrons. The molecule has 31 heavy (non-hydrogen) atoms. The number of hydrogen-bond acceptors (Lipinski definition) is 5. The van der Waals surface area contributed by atoms with E-state index in [9.17, 15) is 0 Å². The highest BCUT2D eigenvalue weighted by atomic mass is 79.9. The lowest BCUT2D eigenvalue weighted by atomic mass is 9.94. The van der Waals surface area contributed by atoms with Gasteiger partial charge in [0.2, 0.25) is 0 Å². The summed E-state index contributed by atoms with van der Waals surface area (Å²) in [5.41, 5.74) is 3.32. The molecule has 8 heteroatoms. The Balaban J connectivity index is 1.64. The number of fused-ring (bicyclic) bond motifs is 1. The van der Waals surface area contributed by atoms with Crippen LogP contribution in [0.5, 0.6) is 0 Å². The molecular weight excluding hydrogens is 496 g/mol. The number of halogens is 2. The Hall–Kier alpha value is -1.28. The maximum Gasteiger partial charge on any atom is 0.143 e. The number of pyridine rings is 1. The summed E-state index contributed by atoms with van der Waals surface area (Å²) in [4.78, 5) is 10.3. The summed E-state index contributed by atoms with van der Waals surface area (Å²) >= 11 is 11.1. The highest BCUT2D eigenvalue weighted by molar-refractivity contribution is 9.10. The number of hydrogen-bond donors (Lipinski definition) is 0. The maximum absolute atomic E-state index is 6.02. The number of nitrogens with zero attached hydrogens (tertiary/aromatic N) is 4. The van der Waals surface area contributed by atoms with Gasteiger partial charge in [-0.25, -0.2) is 9.97 Å². The Bertz CT molecular complexity index is 1080. The summed E-state index contributed by atoms with van der Waals surface area (Å²) in [5.74, 6) is 1.79. The second kappa shape index (κ2) is 9.30. The van der Waals surface area contributed by atoms with Gasteiger partial charge in [-0.2, -0.15) is 0 Å². The fourth-order valence-corrected chi connectivity index (χ4v) is 5.33. The first-order valence-corrected chi connectivity index (χ1v) is 12.5. The normalized spacial score (nSPS) is 15.5. The predicted octanol–water partition coefficient (Wildman–Crippen LogP) is 6.71. The van der Waals surface area contributed by atoms with Crippen molar-refractivity contribution in [2.75, 3.05) is 24.6 Å². The lowest BCUT2D eigenvalue weighted by molar-refractivity contribution is 0.0611. The minimum absolute atomic E-state index is 0.0216. The summed E-state index contributed by atoms with van der Waals surface area (Å²) in [6.07, 6.45) is 4.02. The summed E-state index contributed by atoms with van der Waals surface area (Å²) in [5, 5.41) is 0.471. The Morgan fingerprint density at radius 1 is 1.26 bits per heavy atom. The molecule has 3 aromatic rings. The van der Waals surface area contributed by atoms with Crippen molar-refractivity contribution in [3.8, 4) is 0 Å². The summed E-state index contributed by atoms with van der Waals surface area (Å²) < 4.78 is 10.9. The molecule has 1 saturated heterocycles. The fourth-order valence-electron chi connectivity index (χ4n) is 3.92. The molecule has 2 aromatic heterocycles. The zero-order valence-corrected chi connectivity index (χ0v) is 21.5. The van der Waals surface area contributed by atoms with Gasteiger partial charge in [-0.05, 0) is 70.9 Å². The van der Waals surface area contributed by atoms with Crippen molar-refractivity contribution in [3.63, 3.8) is 0 Å². The molecular formula is C23H28BrClN4OS. The third-order valence-corrected chi connectivity index (χ3v) is 7.61. The molecule has 0 N–H and O–H groups in total. The predicted molar refractivity (Wildman–Crippen MR) is 133 cm³/mol. The first kappa shape index (κ1) is 22.9. The van der Waals surface area contributed by atoms with Crippen molar-refractivity contribution in [2.24, 2.45) is 5.92 Å². The van der Waals surface area contributed by atoms with Gasteiger partial charge in [0.05, 0.1) is 15.5 Å². The van der Waals surface area contributed by atoms with Crippen LogP contribution in [-0.4, -0.2) is 34.8 Å². The van der Waals surface area contributed by atoms with E-state index in [4.69, 9.17) is 21.3 Å². The Labute approximate surface area is 201 Å². The summed E-state index contributed by atoms with van der Waals surface area (Å²) in [6.45, 7) is 9.45. The third kappa shape index (κ3) is 5.21. The van der Waals surface area contributed by atoms with Crippen LogP contribution in [0.4, 0.5) is 5.69 Å². The zero-order valence-electron chi connectivity index (χ0n) is 18.4. The highest BCUT2D eigenvalue weighted by Crippen LogP contribution is 2.34. The average Bonchev–Trinajstić information content (AvgIpc) is 3.09. The van der Waals surface area contributed by atoms with Crippen LogP contribution in [0.1, 0.15) is 39.4 Å². The number of anilines is 1. The Kier molecular flexibility index (Phi) is 6.87. The molecule has 0 spiro atoms. The van der Waals surface area contributed by atoms with Crippen LogP contribution in [0.3, 0.4) is 0 Å². The molecule has 5 nitrogen and oxygen atoms in total. The largest absolute Gasteiger partial charge is 0.381 e. The second-order valence-corrected chi connectivity index (χ2v) is 11.5. The summed E-state index contributed by atoms with van der Waals surface area (Å²) in [7, 11) is 2.05. The lowest BCUT2D eigenvalue weighted by Crippen LogP contribution is -2.25. The topological polar surface area (TPSA) is 43.2 Å². The van der Waals surface area contributed by atoms with E-state index in [1.165, 1.54) is 5.52 Å². The molecule has 0 radical (unpaired) electrons. The van der Waals surface area contributed by atoms with E-state index in [0.29, 0.717) is 11.1 Å². The number of aromatic nitrogens is 3. The third-order valence-electron chi connectivity index (χ3n) is 5.56. The minimum atomic E-state index is -0.0216. The van der Waals surface area contributed by atoms with Crippen LogP contribution in [0, 0.1) is 5.92 Å². The molecule has 1 aliphatic heterocycles. The van der Waals surface area contributed by atoms with E-state index < -0.39 is 0 Å². The number of benzene rings is 1. The van der Waals surface area contributed by atoms with E-state index >= 15 is 0 Å². The van der Waals surface area contributed by atoms with Crippen LogP contribution in [0.25, 0.3) is 11.0 Å². The van der Waals surface area contributed by atoms with Crippen molar-refractivity contribution in [1.29, 1.82) is 0 Å². The molecule has 3 heterocycles. The average molecular weight is 524 g/mol. The van der Waals surface area contributed by atoms with Gasteiger partial charge in [0.25, 0.3) is 0 Å². The van der Waals surface area contributed by atoms with Crippen molar-refractivity contribution in [2.45, 2.75) is 50.5 Å². The standard InChI is InChI=1S/C23H28BrClN4OS/c1-23(2,3)22-27-19-11-16(28(4)31-17-12-18(24)21(25)26-13-17)5-6-20(19)29(22)14-15-7-9-30-10-8-15/h5-6,11-13,15H,7-10,14H2,1-4H3. The van der Waals surface area contributed by atoms with E-state index in [0.717, 1.165) is 59.0 Å². The van der Waals surface area contributed by atoms with Gasteiger partial charge in [0.15, 0.2) is 0 Å². The van der Waals surface area contributed by atoms with Crippen LogP contribution in [-0.2, 0) is 16.7 Å². The molecule has 0 aliphatic carbocycles. The van der Waals surface area contributed by atoms with Crippen LogP contribution in [0.2, 0.25) is 5.15 Å². The van der Waals surface area contributed by atoms with Crippen molar-refractivity contribution in [3.05, 3.63) is 45.9 Å². The van der Waals surface area contributed by atoms with Crippen LogP contribution in [0.15, 0.2) is 39.8 Å². The quantitative estimate of drug-likeness (QED) is 0.274. The van der Waals surface area contributed by atoms with Gasteiger partial charge in [0, 0.05) is 49.0 Å². The van der Waals surface area contributed by atoms with Gasteiger partial charge < -0.3 is 13.6 Å². The van der Waals surface area contributed by atoms with Crippen molar-refractivity contribution in [1.82, 2.24) is 14.5 Å². The van der Waals surface area contributed by atoms with E-state index in [1.807, 2.05) is 6.07 Å². The van der Waals surface area contributed by atoms with Gasteiger partial charge in [0.1, 0.15) is 11.0 Å². The molecule has 0 amide bonds. The van der Waals surface area contributed by atoms with Gasteiger partial charge >= 0.3 is 0 Å². The molecule has 0 unspecified atom stereocenters. The second-order valence-electron chi connectivity index (χ2n) is 9.06. The highest BCUT2D eigenvalue weighted by Gasteiger charge is 2.25. The molecule has 1 fully saturated rings. The minimum Gasteiger partial charge on any atom is -0.381 e. The number of imidazole rings is 1. The Morgan fingerprint density at radius 3 is 2.68 bits per heavy atom. The van der Waals surface area contributed by atoms with E-state index in [1.54, 1.807) is 18.1 Å². The first-order valence-electron chi connectivity index (χ1n) is 10.5. The molecule has 4 rings (SSSR count). The van der Waals surface area contributed by atoms with Crippen LogP contribution >= 0.6 is 39.5 Å². The molecule has 0 saturated carbocycles. The summed E-state index contributed by atoms with van der Waals surface area (Å²) in [6, 6.07) is 8.54. The van der Waals surface area contributed by atoms with Crippen molar-refractivity contribution >= 4 is 56.2 Å². The molecule has 0 atom stereocenters.